The maximum Gasteiger partial charge on any atom is 0.119 e. The second-order valence-electron chi connectivity index (χ2n) is 6.89. The van der Waals surface area contributed by atoms with Gasteiger partial charge in [0.2, 0.25) is 0 Å². The molecule has 1 aromatic carbocycles. The van der Waals surface area contributed by atoms with Crippen molar-refractivity contribution in [2.75, 3.05) is 7.11 Å². The summed E-state index contributed by atoms with van der Waals surface area (Å²) in [5.41, 5.74) is 3.81. The topological polar surface area (TPSA) is 9.23 Å². The van der Waals surface area contributed by atoms with Crippen LogP contribution in [0.5, 0.6) is 5.75 Å². The van der Waals surface area contributed by atoms with Gasteiger partial charge in [0.25, 0.3) is 0 Å². The van der Waals surface area contributed by atoms with Crippen LogP contribution in [0.25, 0.3) is 0 Å². The minimum absolute atomic E-state index is 0.517. The molecule has 1 aromatic rings. The smallest absolute Gasteiger partial charge is 0.119 e. The van der Waals surface area contributed by atoms with E-state index in [9.17, 15) is 0 Å². The Labute approximate surface area is 116 Å². The molecule has 3 atom stereocenters. The zero-order valence-corrected chi connectivity index (χ0v) is 12.0. The predicted molar refractivity (Wildman–Crippen MR) is 77.7 cm³/mol. The molecule has 0 saturated heterocycles. The minimum atomic E-state index is 0.517. The highest BCUT2D eigenvalue weighted by molar-refractivity contribution is 5.44. The van der Waals surface area contributed by atoms with Gasteiger partial charge in [0.05, 0.1) is 7.11 Å². The number of hydrogen-bond donors (Lipinski definition) is 0. The standard InChI is InChI=1S/C18H24O/c1-19-15-8-7-14-11-13-5-4-10-18(17(14)12-15)9-3-2-6-16(13)18/h7-8,12-13,16H,2-6,9-11H2,1H3/t13-,16?,18-/m0/s1. The van der Waals surface area contributed by atoms with E-state index in [1.165, 1.54) is 51.4 Å². The summed E-state index contributed by atoms with van der Waals surface area (Å²) in [4.78, 5) is 0. The Kier molecular flexibility index (Phi) is 2.65. The van der Waals surface area contributed by atoms with Gasteiger partial charge in [-0.15, -0.1) is 0 Å². The summed E-state index contributed by atoms with van der Waals surface area (Å²) in [6.45, 7) is 0. The van der Waals surface area contributed by atoms with Gasteiger partial charge < -0.3 is 4.74 Å². The van der Waals surface area contributed by atoms with Crippen LogP contribution in [0.3, 0.4) is 0 Å². The highest BCUT2D eigenvalue weighted by Gasteiger charge is 2.51. The van der Waals surface area contributed by atoms with E-state index in [1.807, 2.05) is 0 Å². The number of fused-ring (bicyclic) bond motifs is 1. The van der Waals surface area contributed by atoms with Gasteiger partial charge in [-0.2, -0.15) is 0 Å². The fourth-order valence-corrected chi connectivity index (χ4v) is 5.46. The molecular weight excluding hydrogens is 232 g/mol. The quantitative estimate of drug-likeness (QED) is 0.720. The first-order chi connectivity index (χ1) is 9.33. The van der Waals surface area contributed by atoms with E-state index < -0.39 is 0 Å². The molecule has 0 spiro atoms. The van der Waals surface area contributed by atoms with Gasteiger partial charge in [0, 0.05) is 0 Å². The zero-order chi connectivity index (χ0) is 12.9. The van der Waals surface area contributed by atoms with Gasteiger partial charge in [-0.05, 0) is 72.6 Å². The second-order valence-corrected chi connectivity index (χ2v) is 6.89. The van der Waals surface area contributed by atoms with Gasteiger partial charge in [0.1, 0.15) is 5.75 Å². The lowest BCUT2D eigenvalue weighted by Crippen LogP contribution is -2.49. The summed E-state index contributed by atoms with van der Waals surface area (Å²) in [6, 6.07) is 6.88. The predicted octanol–water partition coefficient (Wildman–Crippen LogP) is 4.48. The molecule has 1 nitrogen and oxygen atoms in total. The molecule has 19 heavy (non-hydrogen) atoms. The number of benzene rings is 1. The molecule has 3 aliphatic carbocycles. The molecular formula is C18H24O. The molecule has 102 valence electrons. The third kappa shape index (κ3) is 1.60. The Hall–Kier alpha value is -0.980. The monoisotopic (exact) mass is 256 g/mol. The van der Waals surface area contributed by atoms with Crippen molar-refractivity contribution >= 4 is 0 Å². The molecule has 1 heteroatoms. The summed E-state index contributed by atoms with van der Waals surface area (Å²) in [7, 11) is 1.80. The average molecular weight is 256 g/mol. The summed E-state index contributed by atoms with van der Waals surface area (Å²) < 4.78 is 5.49. The number of hydrogen-bond acceptors (Lipinski definition) is 1. The van der Waals surface area contributed by atoms with Crippen molar-refractivity contribution in [3.63, 3.8) is 0 Å². The van der Waals surface area contributed by atoms with E-state index >= 15 is 0 Å². The Morgan fingerprint density at radius 3 is 2.89 bits per heavy atom. The Bertz CT molecular complexity index is 488. The van der Waals surface area contributed by atoms with E-state index in [0.29, 0.717) is 5.41 Å². The number of rotatable bonds is 1. The van der Waals surface area contributed by atoms with E-state index in [4.69, 9.17) is 4.74 Å². The highest BCUT2D eigenvalue weighted by atomic mass is 16.5. The largest absolute Gasteiger partial charge is 0.497 e. The molecule has 0 N–H and O–H groups in total. The summed E-state index contributed by atoms with van der Waals surface area (Å²) in [5, 5.41) is 0. The lowest BCUT2D eigenvalue weighted by molar-refractivity contribution is 0.0521. The van der Waals surface area contributed by atoms with Crippen LogP contribution in [0.2, 0.25) is 0 Å². The molecule has 0 amide bonds. The van der Waals surface area contributed by atoms with Crippen LogP contribution in [0, 0.1) is 11.8 Å². The Balaban J connectivity index is 1.88. The first-order valence-electron chi connectivity index (χ1n) is 8.01. The van der Waals surface area contributed by atoms with E-state index in [2.05, 4.69) is 18.2 Å². The maximum absolute atomic E-state index is 5.49. The molecule has 0 aliphatic heterocycles. The van der Waals surface area contributed by atoms with E-state index in [1.54, 1.807) is 18.2 Å². The van der Waals surface area contributed by atoms with Gasteiger partial charge in [-0.25, -0.2) is 0 Å². The Morgan fingerprint density at radius 2 is 2.00 bits per heavy atom. The maximum atomic E-state index is 5.49. The number of ether oxygens (including phenoxy) is 1. The van der Waals surface area contributed by atoms with Gasteiger partial charge in [0.15, 0.2) is 0 Å². The molecule has 3 aliphatic rings. The van der Waals surface area contributed by atoms with Crippen LogP contribution < -0.4 is 4.74 Å². The lowest BCUT2D eigenvalue weighted by Gasteiger charge is -2.55. The van der Waals surface area contributed by atoms with E-state index in [0.717, 1.165) is 17.6 Å². The van der Waals surface area contributed by atoms with Crippen LogP contribution in [-0.2, 0) is 11.8 Å². The van der Waals surface area contributed by atoms with Gasteiger partial charge in [-0.1, -0.05) is 25.3 Å². The van der Waals surface area contributed by atoms with Crippen LogP contribution in [0.1, 0.15) is 56.1 Å². The number of methoxy groups -OCH3 is 1. The molecule has 1 unspecified atom stereocenters. The SMILES string of the molecule is COc1ccc2c(c1)[C@]13CCCCC1[C@@H](CCC3)C2. The minimum Gasteiger partial charge on any atom is -0.497 e. The van der Waals surface area contributed by atoms with Crippen LogP contribution in [0.4, 0.5) is 0 Å². The molecule has 2 fully saturated rings. The van der Waals surface area contributed by atoms with Crippen molar-refractivity contribution in [2.45, 2.75) is 56.8 Å². The van der Waals surface area contributed by atoms with Crippen LogP contribution >= 0.6 is 0 Å². The van der Waals surface area contributed by atoms with Gasteiger partial charge >= 0.3 is 0 Å². The van der Waals surface area contributed by atoms with Crippen molar-refractivity contribution in [2.24, 2.45) is 11.8 Å². The van der Waals surface area contributed by atoms with Crippen molar-refractivity contribution < 1.29 is 4.74 Å². The molecule has 0 radical (unpaired) electrons. The first kappa shape index (κ1) is 11.8. The van der Waals surface area contributed by atoms with Crippen molar-refractivity contribution in [1.29, 1.82) is 0 Å². The van der Waals surface area contributed by atoms with Crippen molar-refractivity contribution in [1.82, 2.24) is 0 Å². The second kappa shape index (κ2) is 4.26. The fraction of sp³-hybridized carbons (Fsp3) is 0.667. The summed E-state index contributed by atoms with van der Waals surface area (Å²) in [5.74, 6) is 2.99. The summed E-state index contributed by atoms with van der Waals surface area (Å²) in [6.07, 6.45) is 11.5. The molecule has 2 bridgehead atoms. The first-order valence-corrected chi connectivity index (χ1v) is 8.01. The van der Waals surface area contributed by atoms with Gasteiger partial charge in [-0.3, -0.25) is 0 Å². The molecule has 4 rings (SSSR count). The third-order valence-electron chi connectivity index (χ3n) is 6.20. The van der Waals surface area contributed by atoms with Crippen molar-refractivity contribution in [3.05, 3.63) is 29.3 Å². The molecule has 2 saturated carbocycles. The third-order valence-corrected chi connectivity index (χ3v) is 6.20. The van der Waals surface area contributed by atoms with Crippen LogP contribution in [-0.4, -0.2) is 7.11 Å². The highest BCUT2D eigenvalue weighted by Crippen LogP contribution is 2.58. The lowest BCUT2D eigenvalue weighted by atomic mass is 9.49. The fourth-order valence-electron chi connectivity index (χ4n) is 5.46. The molecule has 0 aromatic heterocycles. The molecule has 0 heterocycles. The summed E-state index contributed by atoms with van der Waals surface area (Å²) >= 11 is 0. The normalized spacial score (nSPS) is 36.3. The zero-order valence-electron chi connectivity index (χ0n) is 12.0. The average Bonchev–Trinajstić information content (AvgIpc) is 2.47. The van der Waals surface area contributed by atoms with Crippen LogP contribution in [0.15, 0.2) is 18.2 Å². The Morgan fingerprint density at radius 1 is 1.11 bits per heavy atom. The van der Waals surface area contributed by atoms with E-state index in [-0.39, 0.29) is 0 Å². The van der Waals surface area contributed by atoms with Crippen molar-refractivity contribution in [3.8, 4) is 5.75 Å².